The molecule has 2 aromatic carbocycles. The first-order valence-electron chi connectivity index (χ1n) is 9.87. The van der Waals surface area contributed by atoms with Gasteiger partial charge in [0.05, 0.1) is 0 Å². The van der Waals surface area contributed by atoms with E-state index in [1.165, 1.54) is 4.90 Å². The highest BCUT2D eigenvalue weighted by molar-refractivity contribution is 7.03. The maximum absolute atomic E-state index is 13.6. The van der Waals surface area contributed by atoms with Gasteiger partial charge >= 0.3 is 0 Å². The molecule has 0 fully saturated rings. The Morgan fingerprint density at radius 1 is 1.10 bits per heavy atom. The van der Waals surface area contributed by atoms with Gasteiger partial charge < -0.3 is 5.32 Å². The number of nitrogens with zero attached hydrogens (tertiary/aromatic N) is 3. The molecule has 0 saturated heterocycles. The molecule has 30 heavy (non-hydrogen) atoms. The van der Waals surface area contributed by atoms with E-state index in [0.29, 0.717) is 5.69 Å². The Morgan fingerprint density at radius 2 is 1.77 bits per heavy atom. The number of aromatic nitrogens is 2. The van der Waals surface area contributed by atoms with Crippen molar-refractivity contribution in [2.24, 2.45) is 0 Å². The van der Waals surface area contributed by atoms with Crippen LogP contribution < -0.4 is 10.2 Å². The summed E-state index contributed by atoms with van der Waals surface area (Å²) in [6, 6.07) is 16.0. The summed E-state index contributed by atoms with van der Waals surface area (Å²) in [6.07, 6.45) is 0.758. The van der Waals surface area contributed by atoms with Crippen LogP contribution in [0.15, 0.2) is 60.0 Å². The first kappa shape index (κ1) is 21.6. The first-order chi connectivity index (χ1) is 14.3. The van der Waals surface area contributed by atoms with Crippen molar-refractivity contribution >= 4 is 29.0 Å². The highest BCUT2D eigenvalue weighted by atomic mass is 32.1. The van der Waals surface area contributed by atoms with E-state index in [2.05, 4.69) is 14.9 Å². The number of benzene rings is 2. The zero-order valence-corrected chi connectivity index (χ0v) is 18.4. The monoisotopic (exact) mass is 422 g/mol. The topological polar surface area (TPSA) is 75.2 Å². The van der Waals surface area contributed by atoms with Crippen LogP contribution in [0.25, 0.3) is 0 Å². The number of amides is 2. The minimum atomic E-state index is -0.854. The zero-order valence-electron chi connectivity index (χ0n) is 17.6. The number of rotatable bonds is 7. The van der Waals surface area contributed by atoms with Crippen molar-refractivity contribution < 1.29 is 9.59 Å². The van der Waals surface area contributed by atoms with Gasteiger partial charge in [-0.1, -0.05) is 59.9 Å². The highest BCUT2D eigenvalue weighted by Crippen LogP contribution is 2.32. The number of anilines is 1. The smallest absolute Gasteiger partial charge is 0.280 e. The molecule has 0 aliphatic carbocycles. The molecule has 0 saturated carbocycles. The molecule has 0 spiro atoms. The molecule has 6 nitrogen and oxygen atoms in total. The van der Waals surface area contributed by atoms with Gasteiger partial charge in [0.15, 0.2) is 5.69 Å². The van der Waals surface area contributed by atoms with Crippen LogP contribution in [0, 0.1) is 6.92 Å². The van der Waals surface area contributed by atoms with E-state index < -0.39 is 11.6 Å². The van der Waals surface area contributed by atoms with Crippen LogP contribution in [0.1, 0.15) is 54.8 Å². The van der Waals surface area contributed by atoms with Gasteiger partial charge in [0.1, 0.15) is 6.04 Å². The van der Waals surface area contributed by atoms with Crippen LogP contribution in [-0.2, 0) is 4.79 Å². The Kier molecular flexibility index (Phi) is 6.62. The van der Waals surface area contributed by atoms with Crippen LogP contribution in [0.2, 0.25) is 0 Å². The summed E-state index contributed by atoms with van der Waals surface area (Å²) in [5.74, 6) is -0.607. The van der Waals surface area contributed by atoms with Crippen molar-refractivity contribution in [3.63, 3.8) is 0 Å². The van der Waals surface area contributed by atoms with Crippen molar-refractivity contribution in [2.75, 3.05) is 4.90 Å². The Labute approximate surface area is 181 Å². The van der Waals surface area contributed by atoms with Crippen LogP contribution in [0.4, 0.5) is 5.69 Å². The Morgan fingerprint density at radius 3 is 2.37 bits per heavy atom. The third-order valence-corrected chi connectivity index (χ3v) is 5.64. The molecule has 1 unspecified atom stereocenters. The van der Waals surface area contributed by atoms with Gasteiger partial charge in [-0.2, -0.15) is 0 Å². The number of carbonyl (C=O) groups excluding carboxylic acids is 2. The molecule has 0 bridgehead atoms. The first-order valence-corrected chi connectivity index (χ1v) is 10.7. The van der Waals surface area contributed by atoms with Gasteiger partial charge in [0.2, 0.25) is 5.91 Å². The normalized spacial score (nSPS) is 12.3. The number of hydrogen-bond acceptors (Lipinski definition) is 5. The molecule has 1 N–H and O–H groups in total. The third-order valence-electron chi connectivity index (χ3n) is 5.14. The van der Waals surface area contributed by atoms with Crippen LogP contribution in [0.3, 0.4) is 0 Å². The predicted octanol–water partition coefficient (Wildman–Crippen LogP) is 4.54. The second-order valence-electron chi connectivity index (χ2n) is 7.79. The average molecular weight is 423 g/mol. The molecule has 2 amide bonds. The zero-order chi connectivity index (χ0) is 21.7. The van der Waals surface area contributed by atoms with Crippen LogP contribution in [0.5, 0.6) is 0 Å². The summed E-state index contributed by atoms with van der Waals surface area (Å²) in [6.45, 7) is 7.88. The maximum atomic E-state index is 13.6. The molecule has 1 atom stereocenters. The lowest BCUT2D eigenvalue weighted by atomic mass is 9.97. The van der Waals surface area contributed by atoms with Gasteiger partial charge in [0.25, 0.3) is 5.91 Å². The van der Waals surface area contributed by atoms with Crippen molar-refractivity contribution in [3.05, 3.63) is 76.8 Å². The minimum absolute atomic E-state index is 0.215. The summed E-state index contributed by atoms with van der Waals surface area (Å²) in [4.78, 5) is 28.7. The van der Waals surface area contributed by atoms with Gasteiger partial charge in [-0.25, -0.2) is 0 Å². The van der Waals surface area contributed by atoms with E-state index in [1.54, 1.807) is 5.38 Å². The summed E-state index contributed by atoms with van der Waals surface area (Å²) >= 11 is 1.11. The summed E-state index contributed by atoms with van der Waals surface area (Å²) in [5, 5.41) is 8.67. The van der Waals surface area contributed by atoms with E-state index in [1.807, 2.05) is 82.3 Å². The summed E-state index contributed by atoms with van der Waals surface area (Å²) in [5.41, 5.74) is 2.08. The summed E-state index contributed by atoms with van der Waals surface area (Å²) in [7, 11) is 0. The number of hydrogen-bond donors (Lipinski definition) is 1. The molecule has 7 heteroatoms. The molecule has 0 aliphatic heterocycles. The van der Waals surface area contributed by atoms with Crippen LogP contribution in [-0.4, -0.2) is 26.9 Å². The second kappa shape index (κ2) is 9.17. The number of nitrogens with one attached hydrogen (secondary N) is 1. The van der Waals surface area contributed by atoms with Crippen molar-refractivity contribution in [2.45, 2.75) is 45.7 Å². The molecule has 1 heterocycles. The van der Waals surface area contributed by atoms with E-state index in [-0.39, 0.29) is 17.5 Å². The lowest BCUT2D eigenvalue weighted by molar-refractivity contribution is -0.124. The molecule has 3 rings (SSSR count). The molecule has 156 valence electrons. The SMILES string of the molecule is CCC(C)(C)NC(=O)C(c1ccccc1)N(C(=O)c1csnn1)c1ccccc1C. The fraction of sp³-hybridized carbons (Fsp3) is 0.304. The number of aryl methyl sites for hydroxylation is 1. The molecule has 3 aromatic rings. The fourth-order valence-corrected chi connectivity index (χ4v) is 3.55. The van der Waals surface area contributed by atoms with Gasteiger partial charge in [0, 0.05) is 16.6 Å². The average Bonchev–Trinajstić information content (AvgIpc) is 3.27. The van der Waals surface area contributed by atoms with Gasteiger partial charge in [-0.15, -0.1) is 5.10 Å². The van der Waals surface area contributed by atoms with Crippen LogP contribution >= 0.6 is 11.5 Å². The predicted molar refractivity (Wildman–Crippen MR) is 120 cm³/mol. The molecule has 0 aliphatic rings. The summed E-state index contributed by atoms with van der Waals surface area (Å²) < 4.78 is 3.83. The van der Waals surface area contributed by atoms with Crippen molar-refractivity contribution in [1.29, 1.82) is 0 Å². The van der Waals surface area contributed by atoms with Gasteiger partial charge in [-0.05, 0) is 55.9 Å². The highest BCUT2D eigenvalue weighted by Gasteiger charge is 2.36. The van der Waals surface area contributed by atoms with E-state index >= 15 is 0 Å². The molecule has 0 radical (unpaired) electrons. The quantitative estimate of drug-likeness (QED) is 0.607. The Balaban J connectivity index is 2.17. The molecular formula is C23H26N4O2S. The van der Waals surface area contributed by atoms with Crippen molar-refractivity contribution in [3.8, 4) is 0 Å². The minimum Gasteiger partial charge on any atom is -0.349 e. The van der Waals surface area contributed by atoms with Crippen molar-refractivity contribution in [1.82, 2.24) is 14.9 Å². The molecular weight excluding hydrogens is 396 g/mol. The fourth-order valence-electron chi connectivity index (χ4n) is 3.12. The maximum Gasteiger partial charge on any atom is 0.280 e. The largest absolute Gasteiger partial charge is 0.349 e. The molecule has 1 aromatic heterocycles. The van der Waals surface area contributed by atoms with Gasteiger partial charge in [-0.3, -0.25) is 14.5 Å². The Hall–Kier alpha value is -3.06. The van der Waals surface area contributed by atoms with E-state index in [4.69, 9.17) is 0 Å². The Bertz CT molecular complexity index is 1000. The lowest BCUT2D eigenvalue weighted by Crippen LogP contribution is -2.50. The number of carbonyl (C=O) groups is 2. The lowest BCUT2D eigenvalue weighted by Gasteiger charge is -2.35. The van der Waals surface area contributed by atoms with E-state index in [0.717, 1.165) is 29.1 Å². The second-order valence-corrected chi connectivity index (χ2v) is 8.40. The number of para-hydroxylation sites is 1. The third kappa shape index (κ3) is 4.74. The van der Waals surface area contributed by atoms with E-state index in [9.17, 15) is 9.59 Å². The standard InChI is InChI=1S/C23H26N4O2S/c1-5-23(3,4)24-21(28)20(17-12-7-6-8-13-17)27(19-14-10-9-11-16(19)2)22(29)18-15-30-26-25-18/h6-15,20H,5H2,1-4H3,(H,24,28).